The number of ether oxygens (including phenoxy) is 1. The molecule has 0 aliphatic carbocycles. The molecule has 0 aromatic heterocycles. The number of hydrogen-bond acceptors (Lipinski definition) is 4. The van der Waals surface area contributed by atoms with Crippen LogP contribution in [-0.2, 0) is 10.0 Å². The lowest BCUT2D eigenvalue weighted by Crippen LogP contribution is -2.12. The molecule has 0 bridgehead atoms. The van der Waals surface area contributed by atoms with Crippen LogP contribution < -0.4 is 15.2 Å². The second-order valence-corrected chi connectivity index (χ2v) is 6.45. The zero-order chi connectivity index (χ0) is 16.3. The number of carbonyl (C=O) groups excluding carboxylic acids is 1. The number of nitrogens with two attached hydrogens (primary N) is 1. The summed E-state index contributed by atoms with van der Waals surface area (Å²) in [5, 5.41) is 0. The van der Waals surface area contributed by atoms with Crippen LogP contribution in [0.1, 0.15) is 10.4 Å². The molecule has 116 valence electrons. The van der Waals surface area contributed by atoms with E-state index in [1.54, 1.807) is 42.5 Å². The molecule has 3 N–H and O–H groups in total. The van der Waals surface area contributed by atoms with E-state index in [1.807, 2.05) is 0 Å². The first-order valence-corrected chi connectivity index (χ1v) is 8.26. The Bertz CT molecular complexity index is 816. The van der Waals surface area contributed by atoms with Crippen LogP contribution in [0.4, 0.5) is 5.69 Å². The van der Waals surface area contributed by atoms with Crippen molar-refractivity contribution in [2.24, 2.45) is 5.73 Å². The standard InChI is InChI=1S/C15H16N2O4S/c1-21-14-9-10(7-8-13(14)17-22(2,19)20)11-5-3-4-6-12(11)15(16)18/h3-9,17H,1-2H3,(H2,16,18). The van der Waals surface area contributed by atoms with Crippen LogP contribution in [0.3, 0.4) is 0 Å². The molecule has 0 fully saturated rings. The van der Waals surface area contributed by atoms with E-state index in [9.17, 15) is 13.2 Å². The molecule has 0 aliphatic rings. The number of anilines is 1. The van der Waals surface area contributed by atoms with E-state index in [1.165, 1.54) is 7.11 Å². The summed E-state index contributed by atoms with van der Waals surface area (Å²) >= 11 is 0. The molecule has 0 spiro atoms. The van der Waals surface area contributed by atoms with Crippen molar-refractivity contribution < 1.29 is 17.9 Å². The van der Waals surface area contributed by atoms with Crippen LogP contribution >= 0.6 is 0 Å². The van der Waals surface area contributed by atoms with E-state index < -0.39 is 15.9 Å². The Labute approximate surface area is 129 Å². The summed E-state index contributed by atoms with van der Waals surface area (Å²) in [6.07, 6.45) is 1.06. The highest BCUT2D eigenvalue weighted by molar-refractivity contribution is 7.92. The first-order chi connectivity index (χ1) is 10.3. The Morgan fingerprint density at radius 1 is 1.18 bits per heavy atom. The number of carbonyl (C=O) groups is 1. The van der Waals surface area contributed by atoms with Gasteiger partial charge in [0.25, 0.3) is 0 Å². The number of hydrogen-bond donors (Lipinski definition) is 2. The second-order valence-electron chi connectivity index (χ2n) is 4.70. The van der Waals surface area contributed by atoms with Crippen LogP contribution in [-0.4, -0.2) is 27.7 Å². The fourth-order valence-corrected chi connectivity index (χ4v) is 2.66. The van der Waals surface area contributed by atoms with Gasteiger partial charge in [0.15, 0.2) is 0 Å². The van der Waals surface area contributed by atoms with Gasteiger partial charge < -0.3 is 10.5 Å². The zero-order valence-corrected chi connectivity index (χ0v) is 13.0. The third-order valence-corrected chi connectivity index (χ3v) is 3.59. The molecule has 0 unspecified atom stereocenters. The van der Waals surface area contributed by atoms with Crippen LogP contribution in [0, 0.1) is 0 Å². The Balaban J connectivity index is 2.53. The number of nitrogens with one attached hydrogen (secondary N) is 1. The largest absolute Gasteiger partial charge is 0.495 e. The lowest BCUT2D eigenvalue weighted by molar-refractivity contribution is 0.100. The third-order valence-electron chi connectivity index (χ3n) is 3.00. The van der Waals surface area contributed by atoms with Gasteiger partial charge in [0, 0.05) is 5.56 Å². The molecule has 1 amide bonds. The number of primary amides is 1. The quantitative estimate of drug-likeness (QED) is 0.878. The summed E-state index contributed by atoms with van der Waals surface area (Å²) in [6.45, 7) is 0. The molecule has 0 saturated carbocycles. The van der Waals surface area contributed by atoms with Crippen molar-refractivity contribution in [3.8, 4) is 16.9 Å². The van der Waals surface area contributed by atoms with E-state index in [-0.39, 0.29) is 0 Å². The van der Waals surface area contributed by atoms with E-state index in [4.69, 9.17) is 10.5 Å². The van der Waals surface area contributed by atoms with Gasteiger partial charge in [-0.15, -0.1) is 0 Å². The van der Waals surface area contributed by atoms with Gasteiger partial charge in [0.05, 0.1) is 19.1 Å². The highest BCUT2D eigenvalue weighted by Crippen LogP contribution is 2.32. The number of methoxy groups -OCH3 is 1. The normalized spacial score (nSPS) is 11.0. The first kappa shape index (κ1) is 15.8. The molecule has 2 rings (SSSR count). The van der Waals surface area contributed by atoms with Gasteiger partial charge in [-0.1, -0.05) is 24.3 Å². The second kappa shape index (κ2) is 6.07. The predicted molar refractivity (Wildman–Crippen MR) is 85.4 cm³/mol. The predicted octanol–water partition coefficient (Wildman–Crippen LogP) is 1.83. The van der Waals surface area contributed by atoms with Crippen molar-refractivity contribution in [2.75, 3.05) is 18.1 Å². The Kier molecular flexibility index (Phi) is 4.37. The minimum atomic E-state index is -3.41. The van der Waals surface area contributed by atoms with Crippen LogP contribution in [0.5, 0.6) is 5.75 Å². The Morgan fingerprint density at radius 3 is 2.45 bits per heavy atom. The maximum absolute atomic E-state index is 11.5. The van der Waals surface area contributed by atoms with Crippen molar-refractivity contribution in [2.45, 2.75) is 0 Å². The lowest BCUT2D eigenvalue weighted by Gasteiger charge is -2.13. The van der Waals surface area contributed by atoms with Gasteiger partial charge in [-0.2, -0.15) is 0 Å². The smallest absolute Gasteiger partial charge is 0.249 e. The molecule has 0 radical (unpaired) electrons. The fourth-order valence-electron chi connectivity index (χ4n) is 2.09. The summed E-state index contributed by atoms with van der Waals surface area (Å²) in [5.74, 6) is -0.185. The maximum Gasteiger partial charge on any atom is 0.249 e. The van der Waals surface area contributed by atoms with Crippen molar-refractivity contribution >= 4 is 21.6 Å². The van der Waals surface area contributed by atoms with E-state index in [0.29, 0.717) is 28.1 Å². The number of benzene rings is 2. The van der Waals surface area contributed by atoms with Gasteiger partial charge in [-0.05, 0) is 29.3 Å². The zero-order valence-electron chi connectivity index (χ0n) is 12.2. The van der Waals surface area contributed by atoms with Crippen LogP contribution in [0.2, 0.25) is 0 Å². The third kappa shape index (κ3) is 3.56. The van der Waals surface area contributed by atoms with Gasteiger partial charge in [0.1, 0.15) is 5.75 Å². The van der Waals surface area contributed by atoms with Gasteiger partial charge in [-0.3, -0.25) is 9.52 Å². The molecule has 0 saturated heterocycles. The molecule has 0 heterocycles. The maximum atomic E-state index is 11.5. The average molecular weight is 320 g/mol. The molecule has 22 heavy (non-hydrogen) atoms. The van der Waals surface area contributed by atoms with E-state index in [0.717, 1.165) is 6.26 Å². The van der Waals surface area contributed by atoms with Crippen molar-refractivity contribution in [1.29, 1.82) is 0 Å². The number of sulfonamides is 1. The topological polar surface area (TPSA) is 98.5 Å². The van der Waals surface area contributed by atoms with Crippen molar-refractivity contribution in [3.05, 3.63) is 48.0 Å². The fraction of sp³-hybridized carbons (Fsp3) is 0.133. The number of amides is 1. The van der Waals surface area contributed by atoms with Gasteiger partial charge in [-0.25, -0.2) is 8.42 Å². The monoisotopic (exact) mass is 320 g/mol. The first-order valence-electron chi connectivity index (χ1n) is 6.37. The van der Waals surface area contributed by atoms with Gasteiger partial charge in [0.2, 0.25) is 15.9 Å². The molecular weight excluding hydrogens is 304 g/mol. The van der Waals surface area contributed by atoms with E-state index >= 15 is 0 Å². The molecule has 7 heteroatoms. The summed E-state index contributed by atoms with van der Waals surface area (Å²) in [4.78, 5) is 11.5. The minimum absolute atomic E-state index is 0.324. The minimum Gasteiger partial charge on any atom is -0.495 e. The molecule has 2 aromatic carbocycles. The highest BCUT2D eigenvalue weighted by Gasteiger charge is 2.13. The summed E-state index contributed by atoms with van der Waals surface area (Å²) in [5.41, 5.74) is 7.43. The molecule has 6 nitrogen and oxygen atoms in total. The molecule has 2 aromatic rings. The summed E-state index contributed by atoms with van der Waals surface area (Å²) < 4.78 is 30.3. The highest BCUT2D eigenvalue weighted by atomic mass is 32.2. The summed E-state index contributed by atoms with van der Waals surface area (Å²) in [7, 11) is -1.98. The van der Waals surface area contributed by atoms with Crippen LogP contribution in [0.15, 0.2) is 42.5 Å². The number of rotatable bonds is 5. The van der Waals surface area contributed by atoms with Gasteiger partial charge >= 0.3 is 0 Å². The van der Waals surface area contributed by atoms with E-state index in [2.05, 4.69) is 4.72 Å². The SMILES string of the molecule is COc1cc(-c2ccccc2C(N)=O)ccc1NS(C)(=O)=O. The molecule has 0 atom stereocenters. The molecular formula is C15H16N2O4S. The molecule has 0 aliphatic heterocycles. The lowest BCUT2D eigenvalue weighted by atomic mass is 9.99. The Morgan fingerprint density at radius 2 is 1.86 bits per heavy atom. The van der Waals surface area contributed by atoms with Crippen LogP contribution in [0.25, 0.3) is 11.1 Å². The Hall–Kier alpha value is -2.54. The van der Waals surface area contributed by atoms with Crippen molar-refractivity contribution in [3.63, 3.8) is 0 Å². The average Bonchev–Trinajstić information content (AvgIpc) is 2.46. The van der Waals surface area contributed by atoms with Crippen molar-refractivity contribution in [1.82, 2.24) is 0 Å². The summed E-state index contributed by atoms with van der Waals surface area (Å²) in [6, 6.07) is 11.8.